The lowest BCUT2D eigenvalue weighted by Crippen LogP contribution is -1.94. The summed E-state index contributed by atoms with van der Waals surface area (Å²) in [6.07, 6.45) is 2.73. The average Bonchev–Trinajstić information content (AvgIpc) is 2.46. The van der Waals surface area contributed by atoms with E-state index in [1.54, 1.807) is 24.3 Å². The van der Waals surface area contributed by atoms with Crippen molar-refractivity contribution in [2.24, 2.45) is 0 Å². The highest BCUT2D eigenvalue weighted by molar-refractivity contribution is 5.74. The van der Waals surface area contributed by atoms with Crippen LogP contribution in [0.1, 0.15) is 0 Å². The van der Waals surface area contributed by atoms with E-state index in [0.717, 1.165) is 0 Å². The van der Waals surface area contributed by atoms with E-state index in [2.05, 4.69) is 4.98 Å². The molecule has 6 nitrogen and oxygen atoms in total. The van der Waals surface area contributed by atoms with Crippen LogP contribution < -0.4 is 9.47 Å². The summed E-state index contributed by atoms with van der Waals surface area (Å²) in [6, 6.07) is 6.72. The molecule has 1 aromatic heterocycles. The minimum absolute atomic E-state index is 0.0576. The zero-order valence-electron chi connectivity index (χ0n) is 10.5. The molecule has 0 saturated heterocycles. The highest BCUT2D eigenvalue weighted by Crippen LogP contribution is 2.34. The van der Waals surface area contributed by atoms with Crippen molar-refractivity contribution in [2.75, 3.05) is 14.2 Å². The van der Waals surface area contributed by atoms with Gasteiger partial charge in [0.2, 0.25) is 0 Å². The number of methoxy groups -OCH3 is 2. The van der Waals surface area contributed by atoms with Gasteiger partial charge in [-0.15, -0.1) is 0 Å². The maximum atomic E-state index is 11.0. The summed E-state index contributed by atoms with van der Waals surface area (Å²) >= 11 is 0. The van der Waals surface area contributed by atoms with Crippen molar-refractivity contribution in [3.63, 3.8) is 0 Å². The van der Waals surface area contributed by atoms with Gasteiger partial charge in [0.1, 0.15) is 17.7 Å². The number of rotatable bonds is 4. The highest BCUT2D eigenvalue weighted by Gasteiger charge is 2.16. The minimum atomic E-state index is -0.464. The van der Waals surface area contributed by atoms with Crippen molar-refractivity contribution in [2.45, 2.75) is 0 Å². The fourth-order valence-corrected chi connectivity index (χ4v) is 1.74. The Bertz CT molecular complexity index is 591. The summed E-state index contributed by atoms with van der Waals surface area (Å²) in [5.41, 5.74) is 1.06. The van der Waals surface area contributed by atoms with Gasteiger partial charge in [-0.2, -0.15) is 0 Å². The highest BCUT2D eigenvalue weighted by atomic mass is 16.6. The molecule has 0 aliphatic heterocycles. The number of nitrogens with zero attached hydrogens (tertiary/aromatic N) is 2. The number of aromatic nitrogens is 1. The lowest BCUT2D eigenvalue weighted by molar-refractivity contribution is -0.384. The summed E-state index contributed by atoms with van der Waals surface area (Å²) in [5.74, 6) is 1.14. The van der Waals surface area contributed by atoms with Crippen LogP contribution in [-0.4, -0.2) is 24.1 Å². The van der Waals surface area contributed by atoms with Gasteiger partial charge in [0.05, 0.1) is 24.7 Å². The van der Waals surface area contributed by atoms with Crippen LogP contribution in [0.3, 0.4) is 0 Å². The first-order valence-electron chi connectivity index (χ1n) is 5.47. The first-order valence-corrected chi connectivity index (χ1v) is 5.47. The van der Waals surface area contributed by atoms with Gasteiger partial charge >= 0.3 is 0 Å². The van der Waals surface area contributed by atoms with Crippen LogP contribution in [0.5, 0.6) is 11.5 Å². The maximum absolute atomic E-state index is 11.0. The Hall–Kier alpha value is -2.63. The zero-order chi connectivity index (χ0) is 13.8. The Morgan fingerprint density at radius 2 is 1.79 bits per heavy atom. The van der Waals surface area contributed by atoms with Crippen molar-refractivity contribution in [1.29, 1.82) is 0 Å². The summed E-state index contributed by atoms with van der Waals surface area (Å²) in [6.45, 7) is 0. The molecule has 0 aliphatic carbocycles. The van der Waals surface area contributed by atoms with Crippen molar-refractivity contribution in [3.05, 3.63) is 46.8 Å². The van der Waals surface area contributed by atoms with E-state index in [4.69, 9.17) is 9.47 Å². The molecule has 0 bridgehead atoms. The average molecular weight is 260 g/mol. The minimum Gasteiger partial charge on any atom is -0.497 e. The summed E-state index contributed by atoms with van der Waals surface area (Å²) < 4.78 is 10.3. The van der Waals surface area contributed by atoms with E-state index in [-0.39, 0.29) is 5.69 Å². The second kappa shape index (κ2) is 5.34. The van der Waals surface area contributed by atoms with E-state index in [0.29, 0.717) is 22.6 Å². The Kier molecular flexibility index (Phi) is 3.61. The predicted octanol–water partition coefficient (Wildman–Crippen LogP) is 2.67. The second-order valence-corrected chi connectivity index (χ2v) is 3.75. The van der Waals surface area contributed by atoms with E-state index in [1.165, 1.54) is 26.6 Å². The monoisotopic (exact) mass is 260 g/mol. The fraction of sp³-hybridized carbons (Fsp3) is 0.154. The van der Waals surface area contributed by atoms with Gasteiger partial charge in [-0.3, -0.25) is 15.1 Å². The molecule has 98 valence electrons. The molecular formula is C13H12N2O4. The van der Waals surface area contributed by atoms with E-state index >= 15 is 0 Å². The van der Waals surface area contributed by atoms with Gasteiger partial charge in [-0.05, 0) is 23.8 Å². The largest absolute Gasteiger partial charge is 0.497 e. The lowest BCUT2D eigenvalue weighted by atomic mass is 10.0. The third-order valence-corrected chi connectivity index (χ3v) is 2.66. The van der Waals surface area contributed by atoms with Crippen molar-refractivity contribution in [3.8, 4) is 22.6 Å². The third kappa shape index (κ3) is 2.62. The summed E-state index contributed by atoms with van der Waals surface area (Å²) in [7, 11) is 3.05. The number of hydrogen-bond donors (Lipinski definition) is 0. The molecule has 0 N–H and O–H groups in total. The van der Waals surface area contributed by atoms with Gasteiger partial charge in [-0.25, -0.2) is 0 Å². The lowest BCUT2D eigenvalue weighted by Gasteiger charge is -2.08. The van der Waals surface area contributed by atoms with Crippen molar-refractivity contribution >= 4 is 5.69 Å². The van der Waals surface area contributed by atoms with Crippen LogP contribution in [0, 0.1) is 10.1 Å². The summed E-state index contributed by atoms with van der Waals surface area (Å²) in [4.78, 5) is 14.3. The smallest absolute Gasteiger partial charge is 0.295 e. The molecule has 0 atom stereocenters. The molecular weight excluding hydrogens is 248 g/mol. The van der Waals surface area contributed by atoms with Crippen LogP contribution >= 0.6 is 0 Å². The molecule has 0 unspecified atom stereocenters. The van der Waals surface area contributed by atoms with Crippen LogP contribution in [0.25, 0.3) is 11.1 Å². The molecule has 0 spiro atoms. The van der Waals surface area contributed by atoms with E-state index in [9.17, 15) is 10.1 Å². The van der Waals surface area contributed by atoms with Gasteiger partial charge in [-0.1, -0.05) is 0 Å². The molecule has 0 amide bonds. The molecule has 6 heteroatoms. The number of nitro groups is 1. The van der Waals surface area contributed by atoms with Crippen LogP contribution in [0.4, 0.5) is 5.69 Å². The third-order valence-electron chi connectivity index (χ3n) is 2.66. The molecule has 2 aromatic rings. The molecule has 2 rings (SSSR count). The molecule has 0 radical (unpaired) electrons. The van der Waals surface area contributed by atoms with E-state index in [1.807, 2.05) is 0 Å². The maximum Gasteiger partial charge on any atom is 0.295 e. The van der Waals surface area contributed by atoms with Crippen LogP contribution in [0.15, 0.2) is 36.7 Å². The van der Waals surface area contributed by atoms with Crippen LogP contribution in [0.2, 0.25) is 0 Å². The Labute approximate surface area is 109 Å². The first-order chi connectivity index (χ1) is 9.15. The van der Waals surface area contributed by atoms with Gasteiger partial charge in [0.25, 0.3) is 5.69 Å². The molecule has 19 heavy (non-hydrogen) atoms. The standard InChI is InChI=1S/C13H12N2O4/c1-18-10-5-9(6-11(7-10)19-2)12-3-4-14-8-13(12)15(16)17/h3-8H,1-2H3. The number of hydrogen-bond acceptors (Lipinski definition) is 5. The van der Waals surface area contributed by atoms with Crippen LogP contribution in [-0.2, 0) is 0 Å². The van der Waals surface area contributed by atoms with Crippen molar-refractivity contribution < 1.29 is 14.4 Å². The Morgan fingerprint density at radius 3 is 2.32 bits per heavy atom. The van der Waals surface area contributed by atoms with Crippen molar-refractivity contribution in [1.82, 2.24) is 4.98 Å². The van der Waals surface area contributed by atoms with Gasteiger partial charge < -0.3 is 9.47 Å². The number of pyridine rings is 1. The SMILES string of the molecule is COc1cc(OC)cc(-c2ccncc2[N+](=O)[O-])c1. The van der Waals surface area contributed by atoms with Gasteiger partial charge in [0, 0.05) is 12.3 Å². The molecule has 0 fully saturated rings. The molecule has 0 saturated carbocycles. The Morgan fingerprint density at radius 1 is 1.16 bits per heavy atom. The molecule has 0 aliphatic rings. The number of ether oxygens (including phenoxy) is 2. The summed E-state index contributed by atoms with van der Waals surface area (Å²) in [5, 5.41) is 11.0. The van der Waals surface area contributed by atoms with Gasteiger partial charge in [0.15, 0.2) is 0 Å². The quantitative estimate of drug-likeness (QED) is 0.624. The molecule has 1 aromatic carbocycles. The van der Waals surface area contributed by atoms with E-state index < -0.39 is 4.92 Å². The fourth-order valence-electron chi connectivity index (χ4n) is 1.74. The zero-order valence-corrected chi connectivity index (χ0v) is 10.5. The topological polar surface area (TPSA) is 74.5 Å². The number of benzene rings is 1. The predicted molar refractivity (Wildman–Crippen MR) is 69.4 cm³/mol. The normalized spacial score (nSPS) is 10.0. The Balaban J connectivity index is 2.61. The first kappa shape index (κ1) is 12.8. The molecule has 1 heterocycles. The second-order valence-electron chi connectivity index (χ2n) is 3.75.